The molecule has 0 aliphatic carbocycles. The average molecular weight is 319 g/mol. The average Bonchev–Trinajstić information content (AvgIpc) is 3.06. The van der Waals surface area contributed by atoms with E-state index in [0.29, 0.717) is 0 Å². The summed E-state index contributed by atoms with van der Waals surface area (Å²) in [6.07, 6.45) is 1.17. The van der Waals surface area contributed by atoms with Crippen LogP contribution in [0.5, 0.6) is 0 Å². The van der Waals surface area contributed by atoms with Gasteiger partial charge in [-0.2, -0.15) is 0 Å². The lowest BCUT2D eigenvalue weighted by Crippen LogP contribution is -2.48. The molecule has 2 rings (SSSR count). The zero-order valence-electron chi connectivity index (χ0n) is 12.3. The van der Waals surface area contributed by atoms with Crippen molar-refractivity contribution in [1.29, 1.82) is 0 Å². The van der Waals surface area contributed by atoms with E-state index in [1.807, 2.05) is 0 Å². The number of benzene rings is 1. The van der Waals surface area contributed by atoms with Gasteiger partial charge in [-0.25, -0.2) is 4.39 Å². The highest BCUT2D eigenvalue weighted by Crippen LogP contribution is 2.36. The summed E-state index contributed by atoms with van der Waals surface area (Å²) < 4.78 is 20.4. The molecule has 1 heterocycles. The van der Waals surface area contributed by atoms with Crippen LogP contribution < -0.4 is 0 Å². The highest BCUT2D eigenvalue weighted by molar-refractivity contribution is 6.16. The zero-order chi connectivity index (χ0) is 17.0. The van der Waals surface area contributed by atoms with Crippen LogP contribution in [0.2, 0.25) is 0 Å². The molecule has 7 heteroatoms. The summed E-state index contributed by atoms with van der Waals surface area (Å²) in [5, 5.41) is 11.0. The predicted molar refractivity (Wildman–Crippen MR) is 78.6 cm³/mol. The molecule has 0 bridgehead atoms. The standard InChI is InChI=1S/C16H14FNO5/c1-11(19)16(17,15(20)14-8-5-9-23-14)13(10-18(21)22)12-6-3-2-4-7-12/h2-9,13H,10H2,1H3/t13-,16-/m1/s1. The van der Waals surface area contributed by atoms with Crippen molar-refractivity contribution in [3.63, 3.8) is 0 Å². The van der Waals surface area contributed by atoms with E-state index in [9.17, 15) is 19.7 Å². The molecule has 120 valence electrons. The van der Waals surface area contributed by atoms with Crippen LogP contribution >= 0.6 is 0 Å². The van der Waals surface area contributed by atoms with Gasteiger partial charge in [-0.3, -0.25) is 19.7 Å². The number of carbonyl (C=O) groups excluding carboxylic acids is 2. The molecule has 0 saturated carbocycles. The van der Waals surface area contributed by atoms with Crippen molar-refractivity contribution in [1.82, 2.24) is 0 Å². The smallest absolute Gasteiger partial charge is 0.246 e. The van der Waals surface area contributed by atoms with Crippen molar-refractivity contribution in [3.8, 4) is 0 Å². The van der Waals surface area contributed by atoms with Gasteiger partial charge in [0.2, 0.25) is 18.0 Å². The quantitative estimate of drug-likeness (QED) is 0.339. The summed E-state index contributed by atoms with van der Waals surface area (Å²) in [5.74, 6) is -4.22. The zero-order valence-corrected chi connectivity index (χ0v) is 12.3. The van der Waals surface area contributed by atoms with Crippen LogP contribution in [0, 0.1) is 10.1 Å². The Labute approximate surface area is 131 Å². The summed E-state index contributed by atoms with van der Waals surface area (Å²) in [6.45, 7) is 0.00324. The Bertz CT molecular complexity index is 713. The normalized spacial score (nSPS) is 14.7. The molecule has 0 radical (unpaired) electrons. The Balaban J connectivity index is 2.56. The van der Waals surface area contributed by atoms with Gasteiger partial charge in [0, 0.05) is 4.92 Å². The van der Waals surface area contributed by atoms with E-state index >= 15 is 4.39 Å². The largest absolute Gasteiger partial charge is 0.461 e. The molecule has 0 N–H and O–H groups in total. The second kappa shape index (κ2) is 6.51. The van der Waals surface area contributed by atoms with Crippen molar-refractivity contribution < 1.29 is 23.3 Å². The fourth-order valence-electron chi connectivity index (χ4n) is 2.45. The van der Waals surface area contributed by atoms with Gasteiger partial charge < -0.3 is 4.42 Å². The maximum atomic E-state index is 15.5. The molecule has 23 heavy (non-hydrogen) atoms. The first-order valence-corrected chi connectivity index (χ1v) is 6.82. The fourth-order valence-corrected chi connectivity index (χ4v) is 2.45. The Morgan fingerprint density at radius 2 is 1.91 bits per heavy atom. The monoisotopic (exact) mass is 319 g/mol. The number of rotatable bonds is 7. The Morgan fingerprint density at radius 1 is 1.26 bits per heavy atom. The first-order chi connectivity index (χ1) is 10.9. The lowest BCUT2D eigenvalue weighted by Gasteiger charge is -2.27. The molecule has 0 aliphatic heterocycles. The second-order valence-corrected chi connectivity index (χ2v) is 5.05. The summed E-state index contributed by atoms with van der Waals surface area (Å²) in [7, 11) is 0. The van der Waals surface area contributed by atoms with Crippen LogP contribution in [0.15, 0.2) is 53.1 Å². The van der Waals surface area contributed by atoms with Crippen LogP contribution in [0.1, 0.15) is 29.0 Å². The van der Waals surface area contributed by atoms with E-state index < -0.39 is 34.6 Å². The van der Waals surface area contributed by atoms with E-state index in [0.717, 1.165) is 6.92 Å². The maximum absolute atomic E-state index is 15.5. The van der Waals surface area contributed by atoms with E-state index in [2.05, 4.69) is 0 Å². The molecule has 0 aliphatic rings. The van der Waals surface area contributed by atoms with Crippen molar-refractivity contribution in [3.05, 3.63) is 70.2 Å². The molecule has 0 spiro atoms. The van der Waals surface area contributed by atoms with Crippen LogP contribution in [-0.4, -0.2) is 28.7 Å². The van der Waals surface area contributed by atoms with Crippen LogP contribution in [0.3, 0.4) is 0 Å². The van der Waals surface area contributed by atoms with Gasteiger partial charge in [0.1, 0.15) is 0 Å². The molecule has 0 amide bonds. The molecular weight excluding hydrogens is 305 g/mol. The van der Waals surface area contributed by atoms with Gasteiger partial charge in [0.05, 0.1) is 12.2 Å². The van der Waals surface area contributed by atoms with Gasteiger partial charge in [-0.05, 0) is 24.6 Å². The minimum atomic E-state index is -3.08. The maximum Gasteiger partial charge on any atom is 0.246 e. The molecule has 1 aromatic carbocycles. The SMILES string of the molecule is CC(=O)[C@](F)(C(=O)c1ccco1)[C@H](C[N+](=O)[O-])c1ccccc1. The summed E-state index contributed by atoms with van der Waals surface area (Å²) >= 11 is 0. The Kier molecular flexibility index (Phi) is 4.68. The van der Waals surface area contributed by atoms with Crippen LogP contribution in [0.4, 0.5) is 4.39 Å². The lowest BCUT2D eigenvalue weighted by molar-refractivity contribution is -0.485. The number of hydrogen-bond donors (Lipinski definition) is 0. The number of hydrogen-bond acceptors (Lipinski definition) is 5. The van der Waals surface area contributed by atoms with E-state index in [1.165, 1.54) is 30.5 Å². The Morgan fingerprint density at radius 3 is 2.39 bits per heavy atom. The third kappa shape index (κ3) is 3.18. The number of halogens is 1. The number of Topliss-reactive ketones (excluding diaryl/α,β-unsaturated/α-hetero) is 2. The van der Waals surface area contributed by atoms with Crippen molar-refractivity contribution >= 4 is 11.6 Å². The Hall–Kier alpha value is -2.83. The molecular formula is C16H14FNO5. The highest BCUT2D eigenvalue weighted by Gasteiger charge is 2.54. The minimum Gasteiger partial charge on any atom is -0.461 e. The molecule has 0 saturated heterocycles. The van der Waals surface area contributed by atoms with Gasteiger partial charge in [-0.1, -0.05) is 30.3 Å². The number of furan rings is 1. The van der Waals surface area contributed by atoms with Crippen LogP contribution in [-0.2, 0) is 4.79 Å². The van der Waals surface area contributed by atoms with E-state index in [1.54, 1.807) is 18.2 Å². The fraction of sp³-hybridized carbons (Fsp3) is 0.250. The van der Waals surface area contributed by atoms with Gasteiger partial charge in [0.15, 0.2) is 11.5 Å². The molecule has 0 fully saturated rings. The van der Waals surface area contributed by atoms with E-state index in [4.69, 9.17) is 4.42 Å². The third-order valence-electron chi connectivity index (χ3n) is 3.60. The van der Waals surface area contributed by atoms with Crippen molar-refractivity contribution in [2.45, 2.75) is 18.5 Å². The number of nitro groups is 1. The minimum absolute atomic E-state index is 0.196. The second-order valence-electron chi connectivity index (χ2n) is 5.05. The van der Waals surface area contributed by atoms with Crippen molar-refractivity contribution in [2.24, 2.45) is 0 Å². The predicted octanol–water partition coefficient (Wildman–Crippen LogP) is 2.82. The summed E-state index contributed by atoms with van der Waals surface area (Å²) in [5.41, 5.74) is -2.88. The topological polar surface area (TPSA) is 90.4 Å². The van der Waals surface area contributed by atoms with Crippen LogP contribution in [0.25, 0.3) is 0 Å². The first-order valence-electron chi connectivity index (χ1n) is 6.82. The molecule has 0 unspecified atom stereocenters. The first kappa shape index (κ1) is 16.5. The van der Waals surface area contributed by atoms with Gasteiger partial charge >= 0.3 is 0 Å². The summed E-state index contributed by atoms with van der Waals surface area (Å²) in [4.78, 5) is 34.6. The molecule has 1 aromatic heterocycles. The van der Waals surface area contributed by atoms with Crippen molar-refractivity contribution in [2.75, 3.05) is 6.54 Å². The third-order valence-corrected chi connectivity index (χ3v) is 3.60. The lowest BCUT2D eigenvalue weighted by atomic mass is 9.77. The number of carbonyl (C=O) groups is 2. The van der Waals surface area contributed by atoms with Gasteiger partial charge in [-0.15, -0.1) is 0 Å². The molecule has 2 atom stereocenters. The number of ketones is 2. The van der Waals surface area contributed by atoms with E-state index in [-0.39, 0.29) is 11.3 Å². The number of alkyl halides is 1. The number of nitrogens with zero attached hydrogens (tertiary/aromatic N) is 1. The molecule has 6 nitrogen and oxygen atoms in total. The summed E-state index contributed by atoms with van der Waals surface area (Å²) in [6, 6.07) is 10.2. The highest BCUT2D eigenvalue weighted by atomic mass is 19.1. The van der Waals surface area contributed by atoms with Gasteiger partial charge in [0.25, 0.3) is 0 Å². The molecule has 2 aromatic rings.